The molecule has 0 saturated carbocycles. The molecule has 0 aromatic heterocycles. The molecule has 35 heavy (non-hydrogen) atoms. The summed E-state index contributed by atoms with van der Waals surface area (Å²) in [4.78, 5) is 21.9. The third-order valence-corrected chi connectivity index (χ3v) is 17.4. The molecule has 208 valence electrons. The molecule has 1 fully saturated rings. The van der Waals surface area contributed by atoms with E-state index in [1.165, 1.54) is 49.9 Å². The fraction of sp³-hybridized carbons (Fsp3) is 0.920. The van der Waals surface area contributed by atoms with E-state index in [1.807, 2.05) is 10.8 Å². The van der Waals surface area contributed by atoms with Gasteiger partial charge in [-0.15, -0.1) is 0 Å². The largest absolute Gasteiger partial charge is 0.466 e. The van der Waals surface area contributed by atoms with Gasteiger partial charge in [0.05, 0.1) is 17.4 Å². The van der Waals surface area contributed by atoms with E-state index in [9.17, 15) is 9.59 Å². The Hall–Kier alpha value is 1.20. The maximum absolute atomic E-state index is 10.9. The van der Waals surface area contributed by atoms with E-state index in [1.54, 1.807) is 14.0 Å². The molecular formula is C25H49NO3S6. The highest BCUT2D eigenvalue weighted by Crippen LogP contribution is 2.63. The molecule has 4 nitrogen and oxygen atoms in total. The summed E-state index contributed by atoms with van der Waals surface area (Å²) in [5.74, 6) is 3.50. The van der Waals surface area contributed by atoms with Gasteiger partial charge in [0.15, 0.2) is 0 Å². The smallest absolute Gasteiger partial charge is 0.305 e. The first-order valence-electron chi connectivity index (χ1n) is 12.8. The third kappa shape index (κ3) is 12.7. The van der Waals surface area contributed by atoms with E-state index in [2.05, 4.69) is 101 Å². The average Bonchev–Trinajstić information content (AvgIpc) is 2.95. The first kappa shape index (κ1) is 36.2. The summed E-state index contributed by atoms with van der Waals surface area (Å²) in [6.45, 7) is 18.0. The van der Waals surface area contributed by atoms with Crippen molar-refractivity contribution < 1.29 is 14.3 Å². The van der Waals surface area contributed by atoms with Crippen LogP contribution in [0.3, 0.4) is 0 Å². The summed E-state index contributed by atoms with van der Waals surface area (Å²) in [6, 6.07) is -0.232. The number of hydrogen-bond acceptors (Lipinski definition) is 10. The summed E-state index contributed by atoms with van der Waals surface area (Å²) in [6.07, 6.45) is 6.05. The zero-order valence-electron chi connectivity index (χ0n) is 23.3. The first-order chi connectivity index (χ1) is 16.5. The fourth-order valence-corrected chi connectivity index (χ4v) is 13.8. The Morgan fingerprint density at radius 2 is 1.63 bits per heavy atom. The number of hydrogen-bond donors (Lipinski definition) is 1. The van der Waals surface area contributed by atoms with Crippen molar-refractivity contribution in [3.63, 3.8) is 0 Å². The Balaban J connectivity index is 0.000000761. The topological polar surface area (TPSA) is 55.4 Å². The molecule has 0 aromatic rings. The first-order valence-corrected chi connectivity index (χ1v) is 19.7. The molecule has 0 radical (unpaired) electrons. The molecule has 1 heterocycles. The molecule has 0 aromatic carbocycles. The zero-order chi connectivity index (χ0) is 27.0. The van der Waals surface area contributed by atoms with Crippen LogP contribution in [-0.2, 0) is 14.3 Å². The number of rotatable bonds is 15. The van der Waals surface area contributed by atoms with Gasteiger partial charge in [-0.2, -0.15) is 0 Å². The molecule has 10 heteroatoms. The Labute approximate surface area is 239 Å². The molecule has 0 aliphatic carbocycles. The van der Waals surface area contributed by atoms with Crippen LogP contribution in [0.4, 0.5) is 0 Å². The van der Waals surface area contributed by atoms with Gasteiger partial charge in [-0.25, -0.2) is 0 Å². The van der Waals surface area contributed by atoms with Crippen molar-refractivity contribution in [3.05, 3.63) is 0 Å². The molecular weight excluding hydrogens is 555 g/mol. The van der Waals surface area contributed by atoms with Crippen LogP contribution < -0.4 is 5.32 Å². The summed E-state index contributed by atoms with van der Waals surface area (Å²) >= 11 is 0. The van der Waals surface area contributed by atoms with Crippen LogP contribution in [0, 0.1) is 0 Å². The van der Waals surface area contributed by atoms with Crippen LogP contribution in [0.1, 0.15) is 93.9 Å². The minimum Gasteiger partial charge on any atom is -0.466 e. The van der Waals surface area contributed by atoms with Crippen LogP contribution >= 0.6 is 64.8 Å². The Morgan fingerprint density at radius 1 is 0.971 bits per heavy atom. The monoisotopic (exact) mass is 603 g/mol. The number of ketones is 1. The molecule has 0 spiro atoms. The van der Waals surface area contributed by atoms with Crippen LogP contribution in [0.25, 0.3) is 0 Å². The van der Waals surface area contributed by atoms with Crippen molar-refractivity contribution in [1.82, 2.24) is 5.32 Å². The van der Waals surface area contributed by atoms with Crippen molar-refractivity contribution in [2.75, 3.05) is 30.9 Å². The predicted molar refractivity (Wildman–Crippen MR) is 170 cm³/mol. The molecule has 4 atom stereocenters. The maximum atomic E-state index is 10.9. The van der Waals surface area contributed by atoms with Crippen molar-refractivity contribution in [1.29, 1.82) is 0 Å². The van der Waals surface area contributed by atoms with Gasteiger partial charge in [0.1, 0.15) is 5.78 Å². The minimum absolute atomic E-state index is 0.0480. The highest BCUT2D eigenvalue weighted by atomic mass is 33.1. The second kappa shape index (κ2) is 19.3. The van der Waals surface area contributed by atoms with E-state index < -0.39 is 0 Å². The quantitative estimate of drug-likeness (QED) is 0.112. The Bertz CT molecular complexity index is 614. The Kier molecular flexibility index (Phi) is 20.0. The van der Waals surface area contributed by atoms with Gasteiger partial charge in [-0.05, 0) is 66.8 Å². The van der Waals surface area contributed by atoms with Crippen LogP contribution in [0.15, 0.2) is 0 Å². The SMILES string of the molecule is CCOC(=O)CCC(NC)C(C)=O.CCSSCC1(SSCC)CCC(C)(CC)SSC1(C)CC. The number of nitrogens with one attached hydrogen (secondary N) is 1. The van der Waals surface area contributed by atoms with Crippen molar-refractivity contribution in [3.8, 4) is 0 Å². The van der Waals surface area contributed by atoms with Gasteiger partial charge >= 0.3 is 5.97 Å². The summed E-state index contributed by atoms with van der Waals surface area (Å²) in [7, 11) is 14.5. The van der Waals surface area contributed by atoms with Crippen molar-refractivity contribution in [2.45, 2.75) is 114 Å². The lowest BCUT2D eigenvalue weighted by atomic mass is 9.84. The highest BCUT2D eigenvalue weighted by Gasteiger charge is 2.52. The van der Waals surface area contributed by atoms with E-state index in [0.29, 0.717) is 33.7 Å². The summed E-state index contributed by atoms with van der Waals surface area (Å²) in [5.41, 5.74) is 0. The van der Waals surface area contributed by atoms with E-state index in [0.717, 1.165) is 0 Å². The van der Waals surface area contributed by atoms with Gasteiger partial charge in [0.2, 0.25) is 0 Å². The normalized spacial score (nSPS) is 27.3. The molecule has 1 aliphatic rings. The third-order valence-electron chi connectivity index (χ3n) is 6.48. The average molecular weight is 604 g/mol. The molecule has 4 unspecified atom stereocenters. The number of carbonyl (C=O) groups excluding carboxylic acids is 2. The molecule has 0 bridgehead atoms. The standard InChI is InChI=1S/C16H32S6.C9H17NO3/c1-7-14(5)11-12-16(22-18-10-4,13-19-17-9-3)15(6,8-2)21-20-14;1-4-13-9(12)6-5-8(10-3)7(2)11/h7-13H2,1-6H3;8,10H,4-6H2,1-3H3. The lowest BCUT2D eigenvalue weighted by Gasteiger charge is -2.45. The van der Waals surface area contributed by atoms with Crippen molar-refractivity contribution in [2.24, 2.45) is 0 Å². The van der Waals surface area contributed by atoms with Gasteiger partial charge in [0, 0.05) is 33.2 Å². The number of esters is 1. The number of likely N-dealkylation sites (N-methyl/N-ethyl adjacent to an activating group) is 1. The van der Waals surface area contributed by atoms with Crippen LogP contribution in [-0.4, -0.2) is 62.9 Å². The van der Waals surface area contributed by atoms with Crippen LogP contribution in [0.2, 0.25) is 0 Å². The molecule has 0 amide bonds. The summed E-state index contributed by atoms with van der Waals surface area (Å²) in [5, 5.41) is 2.84. The van der Waals surface area contributed by atoms with E-state index >= 15 is 0 Å². The maximum Gasteiger partial charge on any atom is 0.305 e. The van der Waals surface area contributed by atoms with Gasteiger partial charge < -0.3 is 10.1 Å². The number of ether oxygens (including phenoxy) is 1. The van der Waals surface area contributed by atoms with Gasteiger partial charge in [-0.1, -0.05) is 92.5 Å². The van der Waals surface area contributed by atoms with Crippen molar-refractivity contribution >= 4 is 76.5 Å². The zero-order valence-corrected chi connectivity index (χ0v) is 28.2. The molecule has 1 aliphatic heterocycles. The number of Topliss-reactive ketones (excluding diaryl/α,β-unsaturated/α-hetero) is 1. The highest BCUT2D eigenvalue weighted by molar-refractivity contribution is 8.80. The minimum atomic E-state index is -0.246. The lowest BCUT2D eigenvalue weighted by Crippen LogP contribution is -2.47. The summed E-state index contributed by atoms with van der Waals surface area (Å²) < 4.78 is 5.93. The Morgan fingerprint density at radius 3 is 2.11 bits per heavy atom. The van der Waals surface area contributed by atoms with E-state index in [-0.39, 0.29) is 17.8 Å². The predicted octanol–water partition coefficient (Wildman–Crippen LogP) is 8.55. The van der Waals surface area contributed by atoms with E-state index in [4.69, 9.17) is 4.74 Å². The number of carbonyl (C=O) groups is 2. The van der Waals surface area contributed by atoms with Gasteiger partial charge in [-0.3, -0.25) is 9.59 Å². The second-order valence-electron chi connectivity index (χ2n) is 9.00. The fourth-order valence-electron chi connectivity index (χ4n) is 3.47. The molecule has 1 rings (SSSR count). The lowest BCUT2D eigenvalue weighted by molar-refractivity contribution is -0.143. The van der Waals surface area contributed by atoms with Gasteiger partial charge in [0.25, 0.3) is 0 Å². The molecule has 1 saturated heterocycles. The molecule has 1 N–H and O–H groups in total. The van der Waals surface area contributed by atoms with Crippen LogP contribution in [0.5, 0.6) is 0 Å². The second-order valence-corrected chi connectivity index (χ2v) is 17.9.